The molecule has 0 spiro atoms. The van der Waals surface area contributed by atoms with Crippen LogP contribution in [0.15, 0.2) is 42.5 Å². The number of ether oxygens (including phenoxy) is 4. The van der Waals surface area contributed by atoms with E-state index < -0.39 is 0 Å². The molecule has 1 unspecified atom stereocenters. The molecule has 4 rings (SSSR count). The van der Waals surface area contributed by atoms with Gasteiger partial charge in [-0.2, -0.15) is 0 Å². The van der Waals surface area contributed by atoms with Gasteiger partial charge in [0.15, 0.2) is 17.3 Å². The number of ketones is 1. The zero-order valence-corrected chi connectivity index (χ0v) is 15.3. The molecule has 0 radical (unpaired) electrons. The molecule has 2 aromatic carbocycles. The topological polar surface area (TPSA) is 57.2 Å². The SMILES string of the molecule is COc1ccc(C(=O)c2ccc3c(c2)OC(CN2CCOCC2)CO3)cc1. The van der Waals surface area contributed by atoms with Crippen molar-refractivity contribution in [3.8, 4) is 17.2 Å². The first-order chi connectivity index (χ1) is 13.2. The van der Waals surface area contributed by atoms with Crippen LogP contribution in [0, 0.1) is 0 Å². The zero-order valence-electron chi connectivity index (χ0n) is 15.3. The number of methoxy groups -OCH3 is 1. The summed E-state index contributed by atoms with van der Waals surface area (Å²) in [6.45, 7) is 4.62. The Kier molecular flexibility index (Phi) is 5.27. The minimum atomic E-state index is -0.0562. The first-order valence-corrected chi connectivity index (χ1v) is 9.15. The summed E-state index contributed by atoms with van der Waals surface area (Å²) >= 11 is 0. The zero-order chi connectivity index (χ0) is 18.6. The summed E-state index contributed by atoms with van der Waals surface area (Å²) in [7, 11) is 1.60. The largest absolute Gasteiger partial charge is 0.497 e. The molecule has 0 N–H and O–H groups in total. The van der Waals surface area contributed by atoms with Crippen molar-refractivity contribution >= 4 is 5.78 Å². The van der Waals surface area contributed by atoms with Crippen LogP contribution in [0.4, 0.5) is 0 Å². The third kappa shape index (κ3) is 4.07. The number of hydrogen-bond acceptors (Lipinski definition) is 6. The Bertz CT molecular complexity index is 799. The molecule has 142 valence electrons. The van der Waals surface area contributed by atoms with E-state index in [0.717, 1.165) is 38.6 Å². The molecule has 2 aliphatic heterocycles. The lowest BCUT2D eigenvalue weighted by molar-refractivity contribution is 0.00311. The first kappa shape index (κ1) is 17.8. The van der Waals surface area contributed by atoms with Crippen LogP contribution in [0.5, 0.6) is 17.2 Å². The molecule has 1 saturated heterocycles. The molecule has 1 atom stereocenters. The lowest BCUT2D eigenvalue weighted by Gasteiger charge is -2.33. The molecule has 0 amide bonds. The normalized spacial score (nSPS) is 19.5. The van der Waals surface area contributed by atoms with Gasteiger partial charge in [-0.1, -0.05) is 0 Å². The molecule has 27 heavy (non-hydrogen) atoms. The van der Waals surface area contributed by atoms with E-state index in [0.29, 0.717) is 29.2 Å². The van der Waals surface area contributed by atoms with E-state index in [2.05, 4.69) is 4.90 Å². The number of hydrogen-bond donors (Lipinski definition) is 0. The molecule has 1 fully saturated rings. The molecule has 2 heterocycles. The van der Waals surface area contributed by atoms with Gasteiger partial charge in [0.2, 0.25) is 0 Å². The second-order valence-electron chi connectivity index (χ2n) is 6.68. The Morgan fingerprint density at radius 1 is 1.07 bits per heavy atom. The number of carbonyl (C=O) groups is 1. The van der Waals surface area contributed by atoms with Crippen molar-refractivity contribution in [2.75, 3.05) is 46.6 Å². The molecule has 0 aliphatic carbocycles. The van der Waals surface area contributed by atoms with E-state index in [4.69, 9.17) is 18.9 Å². The van der Waals surface area contributed by atoms with Crippen LogP contribution in [0.25, 0.3) is 0 Å². The monoisotopic (exact) mass is 369 g/mol. The molecule has 2 aliphatic rings. The summed E-state index contributed by atoms with van der Waals surface area (Å²) in [5, 5.41) is 0. The lowest BCUT2D eigenvalue weighted by Crippen LogP contribution is -2.45. The highest BCUT2D eigenvalue weighted by Crippen LogP contribution is 2.33. The van der Waals surface area contributed by atoms with E-state index in [1.165, 1.54) is 0 Å². The van der Waals surface area contributed by atoms with Crippen molar-refractivity contribution in [1.82, 2.24) is 4.90 Å². The van der Waals surface area contributed by atoms with E-state index >= 15 is 0 Å². The maximum absolute atomic E-state index is 12.8. The van der Waals surface area contributed by atoms with Crippen molar-refractivity contribution in [2.24, 2.45) is 0 Å². The van der Waals surface area contributed by atoms with E-state index in [9.17, 15) is 4.79 Å². The molecule has 6 heteroatoms. The Labute approximate surface area is 158 Å². The second-order valence-corrected chi connectivity index (χ2v) is 6.68. The third-order valence-electron chi connectivity index (χ3n) is 4.84. The van der Waals surface area contributed by atoms with Gasteiger partial charge in [-0.25, -0.2) is 0 Å². The van der Waals surface area contributed by atoms with Gasteiger partial charge in [-0.3, -0.25) is 9.69 Å². The molecule has 2 aromatic rings. The standard InChI is InChI=1S/C21H23NO5/c1-24-17-5-2-15(3-6-17)21(23)16-4-7-19-20(12-16)27-18(14-26-19)13-22-8-10-25-11-9-22/h2-7,12,18H,8-11,13-14H2,1H3. The maximum Gasteiger partial charge on any atom is 0.193 e. The predicted octanol–water partition coefficient (Wildman–Crippen LogP) is 2.40. The summed E-state index contributed by atoms with van der Waals surface area (Å²) in [4.78, 5) is 15.1. The highest BCUT2D eigenvalue weighted by molar-refractivity contribution is 6.09. The maximum atomic E-state index is 12.8. The number of rotatable bonds is 5. The molecule has 0 saturated carbocycles. The number of carbonyl (C=O) groups excluding carboxylic acids is 1. The minimum Gasteiger partial charge on any atom is -0.497 e. The number of morpholine rings is 1. The molecular formula is C21H23NO5. The van der Waals surface area contributed by atoms with Gasteiger partial charge in [0.05, 0.1) is 20.3 Å². The first-order valence-electron chi connectivity index (χ1n) is 9.15. The smallest absolute Gasteiger partial charge is 0.193 e. The Morgan fingerprint density at radius 2 is 1.81 bits per heavy atom. The van der Waals surface area contributed by atoms with E-state index in [1.54, 1.807) is 49.6 Å². The van der Waals surface area contributed by atoms with Crippen LogP contribution in [0.1, 0.15) is 15.9 Å². The summed E-state index contributed by atoms with van der Waals surface area (Å²) in [6, 6.07) is 12.4. The summed E-state index contributed by atoms with van der Waals surface area (Å²) in [5.74, 6) is 1.97. The average molecular weight is 369 g/mol. The van der Waals surface area contributed by atoms with Crippen molar-refractivity contribution in [1.29, 1.82) is 0 Å². The summed E-state index contributed by atoms with van der Waals surface area (Å²) in [6.07, 6.45) is -0.0538. The predicted molar refractivity (Wildman–Crippen MR) is 100 cm³/mol. The fraction of sp³-hybridized carbons (Fsp3) is 0.381. The van der Waals surface area contributed by atoms with Crippen LogP contribution in [0.2, 0.25) is 0 Å². The summed E-state index contributed by atoms with van der Waals surface area (Å²) in [5.41, 5.74) is 1.19. The van der Waals surface area contributed by atoms with Crippen LogP contribution in [-0.2, 0) is 4.74 Å². The highest BCUT2D eigenvalue weighted by Gasteiger charge is 2.25. The van der Waals surface area contributed by atoms with E-state index in [-0.39, 0.29) is 11.9 Å². The van der Waals surface area contributed by atoms with Gasteiger partial charge in [0, 0.05) is 30.8 Å². The van der Waals surface area contributed by atoms with Crippen molar-refractivity contribution in [3.05, 3.63) is 53.6 Å². The molecule has 0 aromatic heterocycles. The van der Waals surface area contributed by atoms with Crippen LogP contribution in [0.3, 0.4) is 0 Å². The molecular weight excluding hydrogens is 346 g/mol. The van der Waals surface area contributed by atoms with Crippen molar-refractivity contribution in [2.45, 2.75) is 6.10 Å². The van der Waals surface area contributed by atoms with Crippen molar-refractivity contribution in [3.63, 3.8) is 0 Å². The Balaban J connectivity index is 1.47. The van der Waals surface area contributed by atoms with Crippen LogP contribution >= 0.6 is 0 Å². The third-order valence-corrected chi connectivity index (χ3v) is 4.84. The quantitative estimate of drug-likeness (QED) is 0.755. The van der Waals surface area contributed by atoms with E-state index in [1.807, 2.05) is 0 Å². The fourth-order valence-electron chi connectivity index (χ4n) is 3.33. The van der Waals surface area contributed by atoms with Gasteiger partial charge in [0.1, 0.15) is 18.5 Å². The van der Waals surface area contributed by atoms with Crippen molar-refractivity contribution < 1.29 is 23.7 Å². The van der Waals surface area contributed by atoms with Gasteiger partial charge < -0.3 is 18.9 Å². The Hall–Kier alpha value is -2.57. The summed E-state index contributed by atoms with van der Waals surface area (Å²) < 4.78 is 22.5. The minimum absolute atomic E-state index is 0.0538. The van der Waals surface area contributed by atoms with Crippen LogP contribution < -0.4 is 14.2 Å². The van der Waals surface area contributed by atoms with Gasteiger partial charge >= 0.3 is 0 Å². The molecule has 6 nitrogen and oxygen atoms in total. The fourth-order valence-corrected chi connectivity index (χ4v) is 3.33. The number of benzene rings is 2. The number of fused-ring (bicyclic) bond motifs is 1. The number of nitrogens with zero attached hydrogens (tertiary/aromatic N) is 1. The molecule has 0 bridgehead atoms. The van der Waals surface area contributed by atoms with Crippen LogP contribution in [-0.4, -0.2) is 63.4 Å². The van der Waals surface area contributed by atoms with Gasteiger partial charge in [0.25, 0.3) is 0 Å². The Morgan fingerprint density at radius 3 is 2.56 bits per heavy atom. The van der Waals surface area contributed by atoms with Gasteiger partial charge in [-0.05, 0) is 42.5 Å². The lowest BCUT2D eigenvalue weighted by atomic mass is 10.0. The second kappa shape index (κ2) is 7.98. The highest BCUT2D eigenvalue weighted by atomic mass is 16.6. The average Bonchev–Trinajstić information content (AvgIpc) is 2.73. The van der Waals surface area contributed by atoms with Gasteiger partial charge in [-0.15, -0.1) is 0 Å².